The summed E-state index contributed by atoms with van der Waals surface area (Å²) >= 11 is 1.31. The van der Waals surface area contributed by atoms with Gasteiger partial charge >= 0.3 is 0 Å². The summed E-state index contributed by atoms with van der Waals surface area (Å²) in [4.78, 5) is 19.2. The topological polar surface area (TPSA) is 91.5 Å². The zero-order valence-electron chi connectivity index (χ0n) is 12.4. The summed E-state index contributed by atoms with van der Waals surface area (Å²) in [6, 6.07) is 0.250. The minimum atomic E-state index is -0.259. The number of aliphatic hydroxyl groups excluding tert-OH is 1. The largest absolute Gasteiger partial charge is 0.393 e. The maximum Gasteiger partial charge on any atom is 0.267 e. The number of thiazole rings is 1. The second-order valence-electron chi connectivity index (χ2n) is 6.31. The van der Waals surface area contributed by atoms with Crippen LogP contribution < -0.4 is 11.1 Å². The average molecular weight is 310 g/mol. The van der Waals surface area contributed by atoms with Gasteiger partial charge in [-0.15, -0.1) is 0 Å². The van der Waals surface area contributed by atoms with E-state index >= 15 is 0 Å². The molecule has 116 valence electrons. The molecular weight excluding hydrogens is 288 g/mol. The van der Waals surface area contributed by atoms with Gasteiger partial charge in [-0.05, 0) is 32.6 Å². The van der Waals surface area contributed by atoms with Crippen molar-refractivity contribution in [2.45, 2.75) is 38.8 Å². The van der Waals surface area contributed by atoms with Crippen molar-refractivity contribution in [1.29, 1.82) is 0 Å². The molecule has 2 heterocycles. The number of hydrogen-bond acceptors (Lipinski definition) is 6. The quantitative estimate of drug-likeness (QED) is 0.785. The van der Waals surface area contributed by atoms with Gasteiger partial charge in [0.2, 0.25) is 0 Å². The van der Waals surface area contributed by atoms with E-state index in [1.165, 1.54) is 11.3 Å². The van der Waals surface area contributed by atoms with Gasteiger partial charge in [-0.25, -0.2) is 4.98 Å². The van der Waals surface area contributed by atoms with E-state index < -0.39 is 0 Å². The Kier molecular flexibility index (Phi) is 3.79. The fourth-order valence-corrected chi connectivity index (χ4v) is 4.34. The molecule has 2 aliphatic rings. The first kappa shape index (κ1) is 14.6. The number of amides is 1. The normalized spacial score (nSPS) is 28.2. The molecule has 3 rings (SSSR count). The van der Waals surface area contributed by atoms with Crippen LogP contribution >= 0.6 is 11.3 Å². The van der Waals surface area contributed by atoms with Crippen LogP contribution in [0.4, 0.5) is 10.9 Å². The molecule has 0 bridgehead atoms. The monoisotopic (exact) mass is 310 g/mol. The number of nitrogen functional groups attached to an aromatic ring is 1. The number of likely N-dealkylation sites (tertiary alicyclic amines) is 1. The predicted octanol–water partition coefficient (Wildman–Crippen LogP) is 1.39. The lowest BCUT2D eigenvalue weighted by molar-refractivity contribution is 0.0757. The molecule has 21 heavy (non-hydrogen) atoms. The minimum absolute atomic E-state index is 0.0524. The highest BCUT2D eigenvalue weighted by molar-refractivity contribution is 7.18. The fraction of sp³-hybridized carbons (Fsp3) is 0.714. The molecule has 4 N–H and O–H groups in total. The first-order valence-electron chi connectivity index (χ1n) is 7.46. The van der Waals surface area contributed by atoms with Gasteiger partial charge in [0, 0.05) is 25.0 Å². The molecule has 1 aliphatic carbocycles. The first-order chi connectivity index (χ1) is 9.95. The number of carbonyl (C=O) groups is 1. The first-order valence-corrected chi connectivity index (χ1v) is 8.27. The average Bonchev–Trinajstić information content (AvgIpc) is 3.05. The van der Waals surface area contributed by atoms with Crippen LogP contribution in [0.1, 0.15) is 36.4 Å². The van der Waals surface area contributed by atoms with Crippen molar-refractivity contribution < 1.29 is 9.90 Å². The van der Waals surface area contributed by atoms with Gasteiger partial charge in [-0.3, -0.25) is 4.79 Å². The summed E-state index contributed by atoms with van der Waals surface area (Å²) < 4.78 is 0. The molecule has 1 saturated heterocycles. The number of hydrogen-bond donors (Lipinski definition) is 3. The van der Waals surface area contributed by atoms with E-state index in [0.717, 1.165) is 19.4 Å². The Bertz CT molecular complexity index is 545. The minimum Gasteiger partial charge on any atom is -0.393 e. The molecule has 0 aromatic carbocycles. The third-order valence-corrected chi connectivity index (χ3v) is 5.36. The Morgan fingerprint density at radius 1 is 1.48 bits per heavy atom. The third kappa shape index (κ3) is 2.72. The van der Waals surface area contributed by atoms with Gasteiger partial charge < -0.3 is 21.1 Å². The van der Waals surface area contributed by atoms with Gasteiger partial charge in [0.1, 0.15) is 10.7 Å². The van der Waals surface area contributed by atoms with Crippen molar-refractivity contribution in [3.63, 3.8) is 0 Å². The van der Waals surface area contributed by atoms with Crippen LogP contribution in [0.3, 0.4) is 0 Å². The van der Waals surface area contributed by atoms with Gasteiger partial charge in [-0.1, -0.05) is 11.3 Å². The zero-order chi connectivity index (χ0) is 15.1. The molecule has 2 fully saturated rings. The number of nitrogens with zero attached hydrogens (tertiary/aromatic N) is 2. The number of carbonyl (C=O) groups excluding carboxylic acids is 1. The number of rotatable bonds is 3. The maximum atomic E-state index is 12.6. The molecule has 3 unspecified atom stereocenters. The van der Waals surface area contributed by atoms with E-state index in [-0.39, 0.29) is 24.0 Å². The fourth-order valence-electron chi connectivity index (χ4n) is 3.34. The van der Waals surface area contributed by atoms with Crippen LogP contribution in [-0.4, -0.2) is 46.1 Å². The Labute approximate surface area is 128 Å². The van der Waals surface area contributed by atoms with Crippen LogP contribution in [0, 0.1) is 11.8 Å². The van der Waals surface area contributed by atoms with Crippen molar-refractivity contribution in [2.75, 3.05) is 24.1 Å². The van der Waals surface area contributed by atoms with Gasteiger partial charge in [0.05, 0.1) is 6.10 Å². The van der Waals surface area contributed by atoms with Crippen LogP contribution in [-0.2, 0) is 0 Å². The van der Waals surface area contributed by atoms with Crippen molar-refractivity contribution in [3.8, 4) is 0 Å². The summed E-state index contributed by atoms with van der Waals surface area (Å²) in [5, 5.41) is 13.8. The molecule has 1 aromatic rings. The van der Waals surface area contributed by atoms with Crippen molar-refractivity contribution in [1.82, 2.24) is 9.88 Å². The SMILES string of the molecule is CC(C)Nc1nc(N)c(C(=O)N2CC3CCC(O)C3C2)s1. The van der Waals surface area contributed by atoms with Crippen molar-refractivity contribution in [2.24, 2.45) is 11.8 Å². The molecule has 1 amide bonds. The molecule has 3 atom stereocenters. The summed E-state index contributed by atoms with van der Waals surface area (Å²) in [6.07, 6.45) is 1.61. The molecule has 6 nitrogen and oxygen atoms in total. The lowest BCUT2D eigenvalue weighted by Gasteiger charge is -2.17. The zero-order valence-corrected chi connectivity index (χ0v) is 13.2. The summed E-state index contributed by atoms with van der Waals surface area (Å²) in [5.74, 6) is 0.914. The predicted molar refractivity (Wildman–Crippen MR) is 83.4 cm³/mol. The van der Waals surface area contributed by atoms with Crippen LogP contribution in [0.5, 0.6) is 0 Å². The molecule has 0 spiro atoms. The summed E-state index contributed by atoms with van der Waals surface area (Å²) in [6.45, 7) is 5.39. The third-order valence-electron chi connectivity index (χ3n) is 4.37. The highest BCUT2D eigenvalue weighted by Gasteiger charge is 2.43. The van der Waals surface area contributed by atoms with Crippen molar-refractivity contribution in [3.05, 3.63) is 4.88 Å². The standard InChI is InChI=1S/C14H22N4O2S/c1-7(2)16-14-17-12(15)11(21-14)13(20)18-5-8-3-4-10(19)9(8)6-18/h7-10,19H,3-6,15H2,1-2H3,(H,16,17). The van der Waals surface area contributed by atoms with E-state index in [1.807, 2.05) is 18.7 Å². The van der Waals surface area contributed by atoms with Crippen LogP contribution in [0.25, 0.3) is 0 Å². The Balaban J connectivity index is 1.73. The van der Waals surface area contributed by atoms with Gasteiger partial charge in [0.15, 0.2) is 5.13 Å². The molecule has 1 saturated carbocycles. The van der Waals surface area contributed by atoms with Crippen LogP contribution in [0.2, 0.25) is 0 Å². The van der Waals surface area contributed by atoms with E-state index in [4.69, 9.17) is 5.73 Å². The Morgan fingerprint density at radius 3 is 2.90 bits per heavy atom. The molecule has 1 aromatic heterocycles. The summed E-state index contributed by atoms with van der Waals surface area (Å²) in [5.41, 5.74) is 5.89. The van der Waals surface area contributed by atoms with E-state index in [0.29, 0.717) is 28.3 Å². The number of fused-ring (bicyclic) bond motifs is 1. The highest BCUT2D eigenvalue weighted by Crippen LogP contribution is 2.39. The highest BCUT2D eigenvalue weighted by atomic mass is 32.1. The number of aliphatic hydroxyl groups is 1. The second kappa shape index (κ2) is 5.46. The van der Waals surface area contributed by atoms with Crippen LogP contribution in [0.15, 0.2) is 0 Å². The number of anilines is 2. The van der Waals surface area contributed by atoms with Crippen molar-refractivity contribution >= 4 is 28.2 Å². The number of nitrogens with one attached hydrogen (secondary N) is 1. The lowest BCUT2D eigenvalue weighted by atomic mass is 10.00. The molecular formula is C14H22N4O2S. The van der Waals surface area contributed by atoms with E-state index in [9.17, 15) is 9.90 Å². The van der Waals surface area contributed by atoms with E-state index in [2.05, 4.69) is 10.3 Å². The van der Waals surface area contributed by atoms with E-state index in [1.54, 1.807) is 0 Å². The Hall–Kier alpha value is -1.34. The molecule has 0 radical (unpaired) electrons. The Morgan fingerprint density at radius 2 is 2.24 bits per heavy atom. The molecule has 7 heteroatoms. The smallest absolute Gasteiger partial charge is 0.267 e. The summed E-state index contributed by atoms with van der Waals surface area (Å²) in [7, 11) is 0. The second-order valence-corrected chi connectivity index (χ2v) is 7.31. The van der Waals surface area contributed by atoms with Gasteiger partial charge in [0.25, 0.3) is 5.91 Å². The molecule has 1 aliphatic heterocycles. The number of aromatic nitrogens is 1. The number of nitrogens with two attached hydrogens (primary N) is 1. The van der Waals surface area contributed by atoms with Gasteiger partial charge in [-0.2, -0.15) is 0 Å². The maximum absolute atomic E-state index is 12.6. The lowest BCUT2D eigenvalue weighted by Crippen LogP contribution is -2.31.